The van der Waals surface area contributed by atoms with E-state index in [-0.39, 0.29) is 30.6 Å². The monoisotopic (exact) mass is 446 g/mol. The number of halogens is 1. The van der Waals surface area contributed by atoms with Crippen LogP contribution in [0.4, 0.5) is 4.39 Å². The Kier molecular flexibility index (Phi) is 8.36. The maximum atomic E-state index is 13.7. The second-order valence-corrected chi connectivity index (χ2v) is 8.35. The molecule has 0 aliphatic carbocycles. The molecule has 0 saturated heterocycles. The van der Waals surface area contributed by atoms with Gasteiger partial charge < -0.3 is 10.2 Å². The molecule has 0 bridgehead atoms. The Bertz CT molecular complexity index is 1080. The van der Waals surface area contributed by atoms with Crippen molar-refractivity contribution >= 4 is 11.8 Å². The summed E-state index contributed by atoms with van der Waals surface area (Å²) in [5, 5.41) is 2.89. The lowest BCUT2D eigenvalue weighted by Crippen LogP contribution is -2.51. The Labute approximate surface area is 195 Å². The quantitative estimate of drug-likeness (QED) is 0.515. The third-order valence-corrected chi connectivity index (χ3v) is 5.73. The number of nitrogens with one attached hydrogen (secondary N) is 1. The van der Waals surface area contributed by atoms with Crippen LogP contribution in [0.3, 0.4) is 0 Å². The Hall–Kier alpha value is -3.47. The lowest BCUT2D eigenvalue weighted by Gasteiger charge is -2.32. The highest BCUT2D eigenvalue weighted by molar-refractivity contribution is 5.89. The number of nitrogens with zero attached hydrogens (tertiary/aromatic N) is 1. The predicted molar refractivity (Wildman–Crippen MR) is 129 cm³/mol. The fourth-order valence-corrected chi connectivity index (χ4v) is 3.89. The van der Waals surface area contributed by atoms with E-state index < -0.39 is 6.04 Å². The first-order valence-corrected chi connectivity index (χ1v) is 11.3. The molecular formula is C28H31FN2O2. The van der Waals surface area contributed by atoms with Gasteiger partial charge in [0.25, 0.3) is 0 Å². The molecule has 3 aromatic rings. The van der Waals surface area contributed by atoms with Crippen LogP contribution in [0, 0.1) is 19.7 Å². The molecule has 2 amide bonds. The zero-order valence-electron chi connectivity index (χ0n) is 19.5. The summed E-state index contributed by atoms with van der Waals surface area (Å²) in [4.78, 5) is 28.4. The average molecular weight is 447 g/mol. The molecule has 33 heavy (non-hydrogen) atoms. The summed E-state index contributed by atoms with van der Waals surface area (Å²) in [5.41, 5.74) is 4.80. The van der Waals surface area contributed by atoms with Crippen molar-refractivity contribution in [2.24, 2.45) is 0 Å². The summed E-state index contributed by atoms with van der Waals surface area (Å²) in [6.07, 6.45) is 0.589. The van der Waals surface area contributed by atoms with E-state index in [4.69, 9.17) is 0 Å². The number of hydrogen-bond donors (Lipinski definition) is 1. The molecule has 0 saturated carbocycles. The molecule has 3 aromatic carbocycles. The SMILES string of the molecule is CCNC(=O)C(Cc1ccccc1)N(Cc1ccc(F)cc1)C(=O)Cc1cc(C)ccc1C. The number of likely N-dealkylation sites (N-methyl/N-ethyl adjacent to an activating group) is 1. The summed E-state index contributed by atoms with van der Waals surface area (Å²) in [6, 6.07) is 21.1. The van der Waals surface area contributed by atoms with Crippen molar-refractivity contribution < 1.29 is 14.0 Å². The Morgan fingerprint density at radius 1 is 0.939 bits per heavy atom. The van der Waals surface area contributed by atoms with Crippen LogP contribution >= 0.6 is 0 Å². The summed E-state index contributed by atoms with van der Waals surface area (Å²) >= 11 is 0. The van der Waals surface area contributed by atoms with Crippen molar-refractivity contribution in [1.82, 2.24) is 10.2 Å². The second-order valence-electron chi connectivity index (χ2n) is 8.35. The molecule has 1 atom stereocenters. The number of rotatable bonds is 9. The number of aryl methyl sites for hydroxylation is 2. The molecule has 5 heteroatoms. The van der Waals surface area contributed by atoms with Gasteiger partial charge in [0, 0.05) is 19.5 Å². The first kappa shape index (κ1) is 24.2. The van der Waals surface area contributed by atoms with Gasteiger partial charge in [-0.3, -0.25) is 9.59 Å². The number of carbonyl (C=O) groups is 2. The van der Waals surface area contributed by atoms with Crippen LogP contribution in [-0.2, 0) is 29.0 Å². The van der Waals surface area contributed by atoms with Crippen LogP contribution in [-0.4, -0.2) is 29.3 Å². The number of benzene rings is 3. The average Bonchev–Trinajstić information content (AvgIpc) is 2.80. The van der Waals surface area contributed by atoms with Gasteiger partial charge >= 0.3 is 0 Å². The molecule has 0 aliphatic rings. The maximum absolute atomic E-state index is 13.7. The van der Waals surface area contributed by atoms with Crippen molar-refractivity contribution in [2.45, 2.75) is 46.2 Å². The molecule has 0 aromatic heterocycles. The standard InChI is InChI=1S/C28H31FN2O2/c1-4-30-28(33)26(17-22-8-6-5-7-9-22)31(19-23-12-14-25(29)15-13-23)27(32)18-24-16-20(2)10-11-21(24)3/h5-16,26H,4,17-19H2,1-3H3,(H,30,33). The normalized spacial score (nSPS) is 11.6. The molecule has 0 aliphatic heterocycles. The van der Waals surface area contributed by atoms with Crippen LogP contribution in [0.1, 0.15) is 34.7 Å². The molecule has 4 nitrogen and oxygen atoms in total. The Balaban J connectivity index is 1.97. The fraction of sp³-hybridized carbons (Fsp3) is 0.286. The predicted octanol–water partition coefficient (Wildman–Crippen LogP) is 4.76. The van der Waals surface area contributed by atoms with Crippen molar-refractivity contribution in [2.75, 3.05) is 6.54 Å². The highest BCUT2D eigenvalue weighted by Gasteiger charge is 2.30. The van der Waals surface area contributed by atoms with Gasteiger partial charge in [-0.15, -0.1) is 0 Å². The van der Waals surface area contributed by atoms with E-state index in [1.807, 2.05) is 69.3 Å². The van der Waals surface area contributed by atoms with Gasteiger partial charge in [0.15, 0.2) is 0 Å². The third kappa shape index (κ3) is 6.75. The lowest BCUT2D eigenvalue weighted by molar-refractivity contribution is -0.140. The van der Waals surface area contributed by atoms with Gasteiger partial charge in [-0.2, -0.15) is 0 Å². The molecule has 0 spiro atoms. The molecule has 3 rings (SSSR count). The minimum atomic E-state index is -0.685. The Morgan fingerprint density at radius 3 is 2.30 bits per heavy atom. The fourth-order valence-electron chi connectivity index (χ4n) is 3.89. The molecule has 0 heterocycles. The highest BCUT2D eigenvalue weighted by atomic mass is 19.1. The molecular weight excluding hydrogens is 415 g/mol. The summed E-state index contributed by atoms with van der Waals surface area (Å²) in [5.74, 6) is -0.672. The third-order valence-electron chi connectivity index (χ3n) is 5.73. The zero-order chi connectivity index (χ0) is 23.8. The lowest BCUT2D eigenvalue weighted by atomic mass is 9.99. The van der Waals surface area contributed by atoms with Crippen LogP contribution in [0.2, 0.25) is 0 Å². The smallest absolute Gasteiger partial charge is 0.243 e. The van der Waals surface area contributed by atoms with Crippen molar-refractivity contribution in [3.05, 3.63) is 106 Å². The van der Waals surface area contributed by atoms with E-state index in [0.717, 1.165) is 27.8 Å². The summed E-state index contributed by atoms with van der Waals surface area (Å²) in [6.45, 7) is 6.53. The van der Waals surface area contributed by atoms with Crippen molar-refractivity contribution in [3.63, 3.8) is 0 Å². The molecule has 1 N–H and O–H groups in total. The molecule has 0 radical (unpaired) electrons. The van der Waals surface area contributed by atoms with Gasteiger partial charge in [0.05, 0.1) is 6.42 Å². The van der Waals surface area contributed by atoms with E-state index in [1.54, 1.807) is 17.0 Å². The van der Waals surface area contributed by atoms with Gasteiger partial charge in [0.2, 0.25) is 11.8 Å². The van der Waals surface area contributed by atoms with E-state index in [0.29, 0.717) is 13.0 Å². The van der Waals surface area contributed by atoms with Crippen LogP contribution in [0.5, 0.6) is 0 Å². The van der Waals surface area contributed by atoms with E-state index in [2.05, 4.69) is 5.32 Å². The number of hydrogen-bond acceptors (Lipinski definition) is 2. The van der Waals surface area contributed by atoms with Gasteiger partial charge in [-0.25, -0.2) is 4.39 Å². The van der Waals surface area contributed by atoms with E-state index in [1.165, 1.54) is 12.1 Å². The number of carbonyl (C=O) groups excluding carboxylic acids is 2. The minimum absolute atomic E-state index is 0.139. The van der Waals surface area contributed by atoms with Crippen LogP contribution in [0.25, 0.3) is 0 Å². The topological polar surface area (TPSA) is 49.4 Å². The first-order valence-electron chi connectivity index (χ1n) is 11.3. The second kappa shape index (κ2) is 11.4. The van der Waals surface area contributed by atoms with Crippen molar-refractivity contribution in [3.8, 4) is 0 Å². The van der Waals surface area contributed by atoms with Crippen LogP contribution < -0.4 is 5.32 Å². The molecule has 0 fully saturated rings. The van der Waals surface area contributed by atoms with Gasteiger partial charge in [0.1, 0.15) is 11.9 Å². The summed E-state index contributed by atoms with van der Waals surface area (Å²) < 4.78 is 13.5. The summed E-state index contributed by atoms with van der Waals surface area (Å²) in [7, 11) is 0. The highest BCUT2D eigenvalue weighted by Crippen LogP contribution is 2.19. The number of amides is 2. The first-order chi connectivity index (χ1) is 15.9. The van der Waals surface area contributed by atoms with E-state index in [9.17, 15) is 14.0 Å². The Morgan fingerprint density at radius 2 is 1.64 bits per heavy atom. The van der Waals surface area contributed by atoms with Gasteiger partial charge in [-0.1, -0.05) is 66.2 Å². The minimum Gasteiger partial charge on any atom is -0.355 e. The van der Waals surface area contributed by atoms with Crippen LogP contribution in [0.15, 0.2) is 72.8 Å². The molecule has 172 valence electrons. The molecule has 1 unspecified atom stereocenters. The zero-order valence-corrected chi connectivity index (χ0v) is 19.5. The maximum Gasteiger partial charge on any atom is 0.243 e. The largest absolute Gasteiger partial charge is 0.355 e. The van der Waals surface area contributed by atoms with Gasteiger partial charge in [-0.05, 0) is 55.2 Å². The van der Waals surface area contributed by atoms with Crippen molar-refractivity contribution in [1.29, 1.82) is 0 Å². The van der Waals surface area contributed by atoms with E-state index >= 15 is 0 Å².